The molecule has 0 aromatic heterocycles. The molecule has 80 valence electrons. The number of carbonyl (C=O) groups is 2. The van der Waals surface area contributed by atoms with Crippen molar-refractivity contribution in [2.45, 2.75) is 25.3 Å². The Balaban J connectivity index is 2.62. The third-order valence-corrected chi connectivity index (χ3v) is 2.07. The van der Waals surface area contributed by atoms with Crippen LogP contribution in [0, 0.1) is 11.3 Å². The van der Waals surface area contributed by atoms with Gasteiger partial charge >= 0.3 is 0 Å². The van der Waals surface area contributed by atoms with Gasteiger partial charge in [0.15, 0.2) is 0 Å². The summed E-state index contributed by atoms with van der Waals surface area (Å²) in [5.74, 6) is -1.06. The van der Waals surface area contributed by atoms with Crippen LogP contribution in [0.5, 0.6) is 0 Å². The second-order valence-electron chi connectivity index (χ2n) is 3.30. The Kier molecular flexibility index (Phi) is 3.94. The SMILES string of the molecule is N#CC(CC(N)=O)=NC(=O)[C@@H]1CCCN1. The zero-order valence-corrected chi connectivity index (χ0v) is 8.19. The molecule has 1 rings (SSSR count). The van der Waals surface area contributed by atoms with E-state index < -0.39 is 11.8 Å². The van der Waals surface area contributed by atoms with Crippen LogP contribution in [-0.2, 0) is 9.59 Å². The number of nitrogens with two attached hydrogens (primary N) is 1. The molecular weight excluding hydrogens is 196 g/mol. The molecule has 6 nitrogen and oxygen atoms in total. The third kappa shape index (κ3) is 3.48. The van der Waals surface area contributed by atoms with E-state index in [4.69, 9.17) is 11.0 Å². The number of hydrogen-bond acceptors (Lipinski definition) is 4. The summed E-state index contributed by atoms with van der Waals surface area (Å²) in [6.07, 6.45) is 1.36. The molecule has 0 unspecified atom stereocenters. The highest BCUT2D eigenvalue weighted by Gasteiger charge is 2.22. The van der Waals surface area contributed by atoms with Crippen LogP contribution in [0.3, 0.4) is 0 Å². The van der Waals surface area contributed by atoms with E-state index in [-0.39, 0.29) is 18.2 Å². The number of nitrogens with zero attached hydrogens (tertiary/aromatic N) is 2. The number of nitrogens with one attached hydrogen (secondary N) is 1. The second-order valence-corrected chi connectivity index (χ2v) is 3.30. The molecule has 0 saturated carbocycles. The van der Waals surface area contributed by atoms with Gasteiger partial charge in [-0.1, -0.05) is 0 Å². The first-order valence-electron chi connectivity index (χ1n) is 4.66. The normalized spacial score (nSPS) is 21.0. The molecule has 3 N–H and O–H groups in total. The minimum atomic E-state index is -0.664. The van der Waals surface area contributed by atoms with Gasteiger partial charge in [0.25, 0.3) is 5.91 Å². The Morgan fingerprint density at radius 1 is 1.60 bits per heavy atom. The highest BCUT2D eigenvalue weighted by molar-refractivity contribution is 6.13. The number of aliphatic imine (C=N–C) groups is 1. The van der Waals surface area contributed by atoms with Gasteiger partial charge in [-0.2, -0.15) is 5.26 Å². The lowest BCUT2D eigenvalue weighted by Crippen LogP contribution is -2.30. The lowest BCUT2D eigenvalue weighted by Gasteiger charge is -2.03. The first-order chi connectivity index (χ1) is 7.13. The Morgan fingerprint density at radius 2 is 2.33 bits per heavy atom. The number of amides is 2. The summed E-state index contributed by atoms with van der Waals surface area (Å²) < 4.78 is 0. The van der Waals surface area contributed by atoms with Gasteiger partial charge in [-0.15, -0.1) is 0 Å². The first kappa shape index (κ1) is 11.3. The van der Waals surface area contributed by atoms with Crippen LogP contribution in [0.15, 0.2) is 4.99 Å². The van der Waals surface area contributed by atoms with E-state index in [0.717, 1.165) is 19.4 Å². The average Bonchev–Trinajstić information content (AvgIpc) is 2.68. The van der Waals surface area contributed by atoms with Crippen LogP contribution < -0.4 is 11.1 Å². The van der Waals surface area contributed by atoms with Crippen molar-refractivity contribution in [1.29, 1.82) is 5.26 Å². The predicted molar refractivity (Wildman–Crippen MR) is 52.9 cm³/mol. The second kappa shape index (κ2) is 5.22. The van der Waals surface area contributed by atoms with Gasteiger partial charge in [-0.25, -0.2) is 4.99 Å². The standard InChI is InChI=1S/C9H12N4O2/c10-5-6(4-8(11)14)13-9(15)7-2-1-3-12-7/h7,12H,1-4H2,(H2,11,14)/t7-/m0/s1. The lowest BCUT2D eigenvalue weighted by molar-refractivity contribution is -0.119. The highest BCUT2D eigenvalue weighted by atomic mass is 16.2. The molecular formula is C9H12N4O2. The molecule has 0 radical (unpaired) electrons. The quantitative estimate of drug-likeness (QED) is 0.586. The van der Waals surface area contributed by atoms with Crippen LogP contribution >= 0.6 is 0 Å². The van der Waals surface area contributed by atoms with Gasteiger partial charge in [0, 0.05) is 0 Å². The molecule has 1 aliphatic rings. The molecule has 0 aliphatic carbocycles. The van der Waals surface area contributed by atoms with Gasteiger partial charge in [-0.05, 0) is 19.4 Å². The Morgan fingerprint density at radius 3 is 2.80 bits per heavy atom. The van der Waals surface area contributed by atoms with Crippen molar-refractivity contribution in [3.63, 3.8) is 0 Å². The molecule has 0 bridgehead atoms. The number of nitriles is 1. The molecule has 15 heavy (non-hydrogen) atoms. The maximum Gasteiger partial charge on any atom is 0.263 e. The maximum atomic E-state index is 11.4. The van der Waals surface area contributed by atoms with Gasteiger partial charge in [0.05, 0.1) is 12.5 Å². The number of carbonyl (C=O) groups excluding carboxylic acids is 2. The van der Waals surface area contributed by atoms with Crippen LogP contribution in [0.2, 0.25) is 0 Å². The third-order valence-electron chi connectivity index (χ3n) is 2.07. The Hall–Kier alpha value is -1.74. The van der Waals surface area contributed by atoms with Gasteiger partial charge in [0.1, 0.15) is 11.8 Å². The van der Waals surface area contributed by atoms with E-state index in [1.807, 2.05) is 0 Å². The molecule has 6 heteroatoms. The first-order valence-corrected chi connectivity index (χ1v) is 4.66. The molecule has 1 atom stereocenters. The molecule has 0 aromatic rings. The van der Waals surface area contributed by atoms with E-state index in [1.165, 1.54) is 0 Å². The predicted octanol–water partition coefficient (Wildman–Crippen LogP) is -0.895. The van der Waals surface area contributed by atoms with Gasteiger partial charge in [-0.3, -0.25) is 9.59 Å². The summed E-state index contributed by atoms with van der Waals surface area (Å²) >= 11 is 0. The van der Waals surface area contributed by atoms with Crippen LogP contribution in [0.1, 0.15) is 19.3 Å². The van der Waals surface area contributed by atoms with Crippen molar-refractivity contribution < 1.29 is 9.59 Å². The fourth-order valence-electron chi connectivity index (χ4n) is 1.38. The monoisotopic (exact) mass is 208 g/mol. The highest BCUT2D eigenvalue weighted by Crippen LogP contribution is 2.06. The van der Waals surface area contributed by atoms with Crippen molar-refractivity contribution >= 4 is 17.5 Å². The van der Waals surface area contributed by atoms with E-state index in [9.17, 15) is 9.59 Å². The van der Waals surface area contributed by atoms with Crippen molar-refractivity contribution in [3.05, 3.63) is 0 Å². The fourth-order valence-corrected chi connectivity index (χ4v) is 1.38. The summed E-state index contributed by atoms with van der Waals surface area (Å²) in [6, 6.07) is 1.37. The van der Waals surface area contributed by atoms with Crippen molar-refractivity contribution in [2.24, 2.45) is 10.7 Å². The molecule has 1 saturated heterocycles. The minimum Gasteiger partial charge on any atom is -0.369 e. The lowest BCUT2D eigenvalue weighted by atomic mass is 10.2. The summed E-state index contributed by atoms with van der Waals surface area (Å²) in [5, 5.41) is 11.6. The topological polar surface area (TPSA) is 108 Å². The van der Waals surface area contributed by atoms with E-state index >= 15 is 0 Å². The van der Waals surface area contributed by atoms with Crippen LogP contribution in [0.25, 0.3) is 0 Å². The van der Waals surface area contributed by atoms with Crippen LogP contribution in [-0.4, -0.2) is 30.1 Å². The molecule has 0 spiro atoms. The molecule has 2 amide bonds. The van der Waals surface area contributed by atoms with Gasteiger partial charge < -0.3 is 11.1 Å². The van der Waals surface area contributed by atoms with E-state index in [0.29, 0.717) is 0 Å². The zero-order valence-electron chi connectivity index (χ0n) is 8.19. The molecule has 1 fully saturated rings. The van der Waals surface area contributed by atoms with Crippen LogP contribution in [0.4, 0.5) is 0 Å². The minimum absolute atomic E-state index is 0.124. The smallest absolute Gasteiger partial charge is 0.263 e. The van der Waals surface area contributed by atoms with Gasteiger partial charge in [0.2, 0.25) is 5.91 Å². The van der Waals surface area contributed by atoms with Crippen molar-refractivity contribution in [1.82, 2.24) is 5.32 Å². The summed E-state index contributed by atoms with van der Waals surface area (Å²) in [5.41, 5.74) is 4.78. The number of rotatable bonds is 3. The number of hydrogen-bond donors (Lipinski definition) is 2. The van der Waals surface area contributed by atoms with Crippen molar-refractivity contribution in [2.75, 3.05) is 6.54 Å². The van der Waals surface area contributed by atoms with E-state index in [1.54, 1.807) is 6.07 Å². The Labute approximate surface area is 87.2 Å². The number of primary amides is 1. The summed E-state index contributed by atoms with van der Waals surface area (Å²) in [7, 11) is 0. The largest absolute Gasteiger partial charge is 0.369 e. The fraction of sp³-hybridized carbons (Fsp3) is 0.556. The summed E-state index contributed by atoms with van der Waals surface area (Å²) in [6.45, 7) is 0.781. The maximum absolute atomic E-state index is 11.4. The molecule has 1 aliphatic heterocycles. The zero-order chi connectivity index (χ0) is 11.3. The van der Waals surface area contributed by atoms with Crippen molar-refractivity contribution in [3.8, 4) is 6.07 Å². The average molecular weight is 208 g/mol. The molecule has 0 aromatic carbocycles. The Bertz CT molecular complexity index is 337. The summed E-state index contributed by atoms with van der Waals surface area (Å²) in [4.78, 5) is 25.5. The molecule has 1 heterocycles. The van der Waals surface area contributed by atoms with E-state index in [2.05, 4.69) is 10.3 Å².